The number of hydrogen-bond donors (Lipinski definition) is 2. The van der Waals surface area contributed by atoms with Crippen LogP contribution in [-0.4, -0.2) is 60.1 Å². The Labute approximate surface area is 116 Å². The number of aromatic nitrogens is 2. The van der Waals surface area contributed by atoms with E-state index in [9.17, 15) is 18.0 Å². The fourth-order valence-electron chi connectivity index (χ4n) is 1.36. The summed E-state index contributed by atoms with van der Waals surface area (Å²) in [6.07, 6.45) is 2.20. The van der Waals surface area contributed by atoms with Crippen molar-refractivity contribution in [3.05, 3.63) is 12.4 Å². The van der Waals surface area contributed by atoms with Gasteiger partial charge in [0.1, 0.15) is 4.90 Å². The van der Waals surface area contributed by atoms with Crippen LogP contribution in [0.15, 0.2) is 17.3 Å². The van der Waals surface area contributed by atoms with Gasteiger partial charge in [0.2, 0.25) is 15.9 Å². The van der Waals surface area contributed by atoms with Crippen LogP contribution in [0.1, 0.15) is 6.42 Å². The molecule has 20 heavy (non-hydrogen) atoms. The second-order valence-electron chi connectivity index (χ2n) is 4.02. The number of carbonyl (C=O) groups excluding carboxylic acids is 1. The molecule has 1 amide bonds. The second-order valence-corrected chi connectivity index (χ2v) is 6.06. The maximum absolute atomic E-state index is 12.1. The Hall–Kier alpha value is -1.94. The molecule has 0 aliphatic carbocycles. The van der Waals surface area contributed by atoms with E-state index in [4.69, 9.17) is 5.11 Å². The number of aryl methyl sites for hydroxylation is 1. The van der Waals surface area contributed by atoms with Crippen LogP contribution in [-0.2, 0) is 26.2 Å². The number of rotatable bonds is 7. The lowest BCUT2D eigenvalue weighted by Gasteiger charge is -2.14. The number of carbonyl (C=O) groups is 2. The molecule has 1 heterocycles. The van der Waals surface area contributed by atoms with E-state index in [0.29, 0.717) is 0 Å². The van der Waals surface area contributed by atoms with E-state index in [1.54, 1.807) is 0 Å². The lowest BCUT2D eigenvalue weighted by atomic mass is 10.4. The summed E-state index contributed by atoms with van der Waals surface area (Å²) in [7, 11) is -1.13. The average Bonchev–Trinajstić information content (AvgIpc) is 2.85. The fourth-order valence-corrected chi connectivity index (χ4v) is 2.44. The Bertz CT molecular complexity index is 595. The number of nitrogens with zero attached hydrogens (tertiary/aromatic N) is 3. The monoisotopic (exact) mass is 304 g/mol. The SMILES string of the molecule is CNC(=O)CN(C)S(=O)(=O)c1cnn(CCC(=O)O)c1. The first-order valence-corrected chi connectivity index (χ1v) is 7.12. The van der Waals surface area contributed by atoms with Gasteiger partial charge in [-0.15, -0.1) is 0 Å². The number of likely N-dealkylation sites (N-methyl/N-ethyl adjacent to an activating group) is 2. The molecule has 2 N–H and O–H groups in total. The zero-order chi connectivity index (χ0) is 15.3. The van der Waals surface area contributed by atoms with Gasteiger partial charge in [-0.3, -0.25) is 14.3 Å². The van der Waals surface area contributed by atoms with Crippen LogP contribution in [0.2, 0.25) is 0 Å². The van der Waals surface area contributed by atoms with Crippen molar-refractivity contribution in [2.45, 2.75) is 17.9 Å². The maximum Gasteiger partial charge on any atom is 0.305 e. The molecule has 0 aliphatic heterocycles. The van der Waals surface area contributed by atoms with Gasteiger partial charge < -0.3 is 10.4 Å². The Balaban J connectivity index is 2.82. The van der Waals surface area contributed by atoms with Gasteiger partial charge in [-0.2, -0.15) is 9.40 Å². The van der Waals surface area contributed by atoms with Crippen molar-refractivity contribution in [2.75, 3.05) is 20.6 Å². The molecule has 0 aromatic carbocycles. The summed E-state index contributed by atoms with van der Waals surface area (Å²) in [5, 5.41) is 14.7. The number of sulfonamides is 1. The van der Waals surface area contributed by atoms with Gasteiger partial charge in [-0.25, -0.2) is 8.42 Å². The molecular weight excluding hydrogens is 288 g/mol. The third-order valence-electron chi connectivity index (χ3n) is 2.52. The topological polar surface area (TPSA) is 122 Å². The molecule has 112 valence electrons. The van der Waals surface area contributed by atoms with Gasteiger partial charge in [0.05, 0.1) is 25.7 Å². The van der Waals surface area contributed by atoms with E-state index in [1.807, 2.05) is 0 Å². The predicted molar refractivity (Wildman–Crippen MR) is 68.4 cm³/mol. The molecule has 0 spiro atoms. The highest BCUT2D eigenvalue weighted by Gasteiger charge is 2.24. The summed E-state index contributed by atoms with van der Waals surface area (Å²) in [5.41, 5.74) is 0. The highest BCUT2D eigenvalue weighted by atomic mass is 32.2. The third-order valence-corrected chi connectivity index (χ3v) is 4.27. The fraction of sp³-hybridized carbons (Fsp3) is 0.500. The Morgan fingerprint density at radius 3 is 2.70 bits per heavy atom. The van der Waals surface area contributed by atoms with Gasteiger partial charge in [-0.05, 0) is 0 Å². The summed E-state index contributed by atoms with van der Waals surface area (Å²) in [4.78, 5) is 21.5. The summed E-state index contributed by atoms with van der Waals surface area (Å²) >= 11 is 0. The maximum atomic E-state index is 12.1. The smallest absolute Gasteiger partial charge is 0.305 e. The van der Waals surface area contributed by atoms with Crippen LogP contribution in [0.25, 0.3) is 0 Å². The highest BCUT2D eigenvalue weighted by molar-refractivity contribution is 7.89. The van der Waals surface area contributed by atoms with Gasteiger partial charge >= 0.3 is 5.97 Å². The normalized spacial score (nSPS) is 11.6. The quantitative estimate of drug-likeness (QED) is 0.647. The van der Waals surface area contributed by atoms with Crippen LogP contribution in [0, 0.1) is 0 Å². The molecule has 0 radical (unpaired) electrons. The number of carboxylic acid groups (broad SMARTS) is 1. The minimum Gasteiger partial charge on any atom is -0.481 e. The van der Waals surface area contributed by atoms with Crippen molar-refractivity contribution in [1.29, 1.82) is 0 Å². The van der Waals surface area contributed by atoms with Gasteiger partial charge in [0.25, 0.3) is 0 Å². The molecule has 10 heteroatoms. The van der Waals surface area contributed by atoms with E-state index < -0.39 is 21.9 Å². The second kappa shape index (κ2) is 6.48. The Morgan fingerprint density at radius 1 is 1.50 bits per heavy atom. The summed E-state index contributed by atoms with van der Waals surface area (Å²) in [5.74, 6) is -1.43. The number of amides is 1. The molecule has 0 saturated carbocycles. The van der Waals surface area contributed by atoms with E-state index in [1.165, 1.54) is 25.0 Å². The molecule has 1 rings (SSSR count). The lowest BCUT2D eigenvalue weighted by molar-refractivity contribution is -0.137. The third kappa shape index (κ3) is 4.03. The van der Waals surface area contributed by atoms with E-state index in [-0.39, 0.29) is 24.4 Å². The molecule has 0 unspecified atom stereocenters. The van der Waals surface area contributed by atoms with Crippen LogP contribution < -0.4 is 5.32 Å². The van der Waals surface area contributed by atoms with Crippen molar-refractivity contribution < 1.29 is 23.1 Å². The van der Waals surface area contributed by atoms with Crippen LogP contribution in [0.4, 0.5) is 0 Å². The summed E-state index contributed by atoms with van der Waals surface area (Å²) in [6.45, 7) is -0.233. The van der Waals surface area contributed by atoms with E-state index in [0.717, 1.165) is 10.5 Å². The van der Waals surface area contributed by atoms with Crippen molar-refractivity contribution in [3.63, 3.8) is 0 Å². The van der Waals surface area contributed by atoms with E-state index in [2.05, 4.69) is 10.4 Å². The zero-order valence-corrected chi connectivity index (χ0v) is 11.9. The molecular formula is C10H16N4O5S. The lowest BCUT2D eigenvalue weighted by Crippen LogP contribution is -2.36. The minimum absolute atomic E-state index is 0.0734. The molecule has 1 aromatic rings. The molecule has 0 bridgehead atoms. The van der Waals surface area contributed by atoms with Crippen LogP contribution >= 0.6 is 0 Å². The summed E-state index contributed by atoms with van der Waals surface area (Å²) in [6, 6.07) is 0. The minimum atomic E-state index is -3.82. The number of aliphatic carboxylic acids is 1. The van der Waals surface area contributed by atoms with Crippen molar-refractivity contribution in [3.8, 4) is 0 Å². The molecule has 0 saturated heterocycles. The molecule has 0 atom stereocenters. The zero-order valence-electron chi connectivity index (χ0n) is 11.1. The molecule has 0 aliphatic rings. The molecule has 1 aromatic heterocycles. The van der Waals surface area contributed by atoms with Crippen LogP contribution in [0.5, 0.6) is 0 Å². The van der Waals surface area contributed by atoms with Gasteiger partial charge in [0, 0.05) is 20.3 Å². The molecule has 0 fully saturated rings. The first kappa shape index (κ1) is 16.1. The Kier molecular flexibility index (Phi) is 5.22. The van der Waals surface area contributed by atoms with E-state index >= 15 is 0 Å². The van der Waals surface area contributed by atoms with Gasteiger partial charge in [-0.1, -0.05) is 0 Å². The number of nitrogens with one attached hydrogen (secondary N) is 1. The van der Waals surface area contributed by atoms with Crippen molar-refractivity contribution in [1.82, 2.24) is 19.4 Å². The number of carboxylic acids is 1. The van der Waals surface area contributed by atoms with Gasteiger partial charge in [0.15, 0.2) is 0 Å². The predicted octanol–water partition coefficient (Wildman–Crippen LogP) is -1.28. The first-order chi connectivity index (χ1) is 9.27. The Morgan fingerprint density at radius 2 is 2.15 bits per heavy atom. The molecule has 9 nitrogen and oxygen atoms in total. The largest absolute Gasteiger partial charge is 0.481 e. The highest BCUT2D eigenvalue weighted by Crippen LogP contribution is 2.13. The summed E-state index contributed by atoms with van der Waals surface area (Å²) < 4.78 is 26.3. The average molecular weight is 304 g/mol. The number of hydrogen-bond acceptors (Lipinski definition) is 5. The standard InChI is InChI=1S/C10H16N4O5S/c1-11-9(15)7-13(2)20(18,19)8-5-12-14(6-8)4-3-10(16)17/h5-6H,3-4,7H2,1-2H3,(H,11,15)(H,16,17). The van der Waals surface area contributed by atoms with Crippen LogP contribution in [0.3, 0.4) is 0 Å². The van der Waals surface area contributed by atoms with Crippen molar-refractivity contribution >= 4 is 21.9 Å². The first-order valence-electron chi connectivity index (χ1n) is 5.68. The van der Waals surface area contributed by atoms with Crippen molar-refractivity contribution in [2.24, 2.45) is 0 Å².